The van der Waals surface area contributed by atoms with Gasteiger partial charge in [0.15, 0.2) is 0 Å². The molecule has 2 rings (SSSR count). The Morgan fingerprint density at radius 1 is 0.941 bits per heavy atom. The molecule has 0 fully saturated rings. The molecule has 0 radical (unpaired) electrons. The van der Waals surface area contributed by atoms with E-state index in [0.29, 0.717) is 10.0 Å². The predicted molar refractivity (Wildman–Crippen MR) is 80.2 cm³/mol. The topological polar surface area (TPSA) is 0 Å². The van der Waals surface area contributed by atoms with Gasteiger partial charge in [0.05, 0.1) is 10.0 Å². The molecular formula is C13H9BrCl2S. The minimum atomic E-state index is 0.574. The highest BCUT2D eigenvalue weighted by Gasteiger charge is 2.08. The lowest BCUT2D eigenvalue weighted by Crippen LogP contribution is -1.82. The molecule has 88 valence electrons. The quantitative estimate of drug-likeness (QED) is 0.481. The van der Waals surface area contributed by atoms with Crippen LogP contribution in [0.1, 0.15) is 5.56 Å². The number of halogens is 3. The largest absolute Gasteiger partial charge is 0.120 e. The monoisotopic (exact) mass is 346 g/mol. The maximum absolute atomic E-state index is 6.18. The van der Waals surface area contributed by atoms with Gasteiger partial charge in [-0.25, -0.2) is 0 Å². The molecule has 0 saturated carbocycles. The van der Waals surface area contributed by atoms with Crippen LogP contribution in [0, 0.1) is 0 Å². The lowest BCUT2D eigenvalue weighted by atomic mass is 10.2. The zero-order chi connectivity index (χ0) is 12.3. The summed E-state index contributed by atoms with van der Waals surface area (Å²) >= 11 is 17.3. The molecule has 17 heavy (non-hydrogen) atoms. The first-order valence-electron chi connectivity index (χ1n) is 4.98. The Morgan fingerprint density at radius 2 is 1.65 bits per heavy atom. The number of hydrogen-bond acceptors (Lipinski definition) is 1. The van der Waals surface area contributed by atoms with Gasteiger partial charge < -0.3 is 0 Å². The number of thioether (sulfide) groups is 1. The first-order valence-corrected chi connectivity index (χ1v) is 7.52. The van der Waals surface area contributed by atoms with E-state index in [1.807, 2.05) is 30.3 Å². The average molecular weight is 348 g/mol. The highest BCUT2D eigenvalue weighted by atomic mass is 79.9. The number of hydrogen-bond donors (Lipinski definition) is 0. The molecule has 0 bridgehead atoms. The van der Waals surface area contributed by atoms with Crippen LogP contribution in [0.15, 0.2) is 51.8 Å². The molecule has 0 spiro atoms. The molecule has 0 aliphatic carbocycles. The maximum Gasteiger partial charge on any atom is 0.0745 e. The highest BCUT2D eigenvalue weighted by Crippen LogP contribution is 2.38. The second kappa shape index (κ2) is 6.14. The fraction of sp³-hybridized carbons (Fsp3) is 0.0769. The van der Waals surface area contributed by atoms with Crippen molar-refractivity contribution in [3.63, 3.8) is 0 Å². The summed E-state index contributed by atoms with van der Waals surface area (Å²) in [7, 11) is 0. The zero-order valence-electron chi connectivity index (χ0n) is 8.79. The third-order valence-electron chi connectivity index (χ3n) is 2.24. The summed E-state index contributed by atoms with van der Waals surface area (Å²) in [6.07, 6.45) is 0. The van der Waals surface area contributed by atoms with Crippen LogP contribution >= 0.6 is 50.9 Å². The van der Waals surface area contributed by atoms with Gasteiger partial charge in [-0.05, 0) is 33.6 Å². The van der Waals surface area contributed by atoms with E-state index >= 15 is 0 Å². The third kappa shape index (κ3) is 3.41. The Hall–Kier alpha value is -0.150. The van der Waals surface area contributed by atoms with Gasteiger partial charge in [0.1, 0.15) is 0 Å². The van der Waals surface area contributed by atoms with Crippen molar-refractivity contribution in [2.24, 2.45) is 0 Å². The molecule has 0 unspecified atom stereocenters. The summed E-state index contributed by atoms with van der Waals surface area (Å²) in [5.74, 6) is 0.887. The predicted octanol–water partition coefficient (Wildman–Crippen LogP) is 6.05. The number of benzene rings is 2. The SMILES string of the molecule is Clc1c(Br)ccc(SCc2ccccc2)c1Cl. The van der Waals surface area contributed by atoms with E-state index in [0.717, 1.165) is 15.1 Å². The first kappa shape index (κ1) is 13.3. The van der Waals surface area contributed by atoms with Crippen LogP contribution in [0.5, 0.6) is 0 Å². The van der Waals surface area contributed by atoms with Gasteiger partial charge in [-0.2, -0.15) is 0 Å². The van der Waals surface area contributed by atoms with Crippen molar-refractivity contribution in [1.29, 1.82) is 0 Å². The summed E-state index contributed by atoms with van der Waals surface area (Å²) in [5.41, 5.74) is 1.27. The van der Waals surface area contributed by atoms with E-state index in [9.17, 15) is 0 Å². The van der Waals surface area contributed by atoms with Gasteiger partial charge in [0.2, 0.25) is 0 Å². The van der Waals surface area contributed by atoms with Crippen molar-refractivity contribution in [1.82, 2.24) is 0 Å². The summed E-state index contributed by atoms with van der Waals surface area (Å²) in [6.45, 7) is 0. The molecule has 4 heteroatoms. The Kier molecular flexibility index (Phi) is 4.80. The van der Waals surface area contributed by atoms with E-state index in [1.54, 1.807) is 11.8 Å². The smallest absolute Gasteiger partial charge is 0.0745 e. The first-order chi connectivity index (χ1) is 8.18. The van der Waals surface area contributed by atoms with E-state index < -0.39 is 0 Å². The highest BCUT2D eigenvalue weighted by molar-refractivity contribution is 9.10. The zero-order valence-corrected chi connectivity index (χ0v) is 12.7. The van der Waals surface area contributed by atoms with Gasteiger partial charge in [0, 0.05) is 15.1 Å². The molecule has 0 aliphatic rings. The van der Waals surface area contributed by atoms with Crippen LogP contribution < -0.4 is 0 Å². The summed E-state index contributed by atoms with van der Waals surface area (Å²) < 4.78 is 0.827. The molecular weight excluding hydrogens is 339 g/mol. The van der Waals surface area contributed by atoms with Crippen molar-refractivity contribution >= 4 is 50.9 Å². The average Bonchev–Trinajstić information content (AvgIpc) is 2.36. The molecule has 0 amide bonds. The summed E-state index contributed by atoms with van der Waals surface area (Å²) in [5, 5.41) is 1.19. The minimum absolute atomic E-state index is 0.574. The Morgan fingerprint density at radius 3 is 2.35 bits per heavy atom. The lowest BCUT2D eigenvalue weighted by Gasteiger charge is -2.07. The van der Waals surface area contributed by atoms with E-state index in [4.69, 9.17) is 23.2 Å². The summed E-state index contributed by atoms with van der Waals surface area (Å²) in [4.78, 5) is 1.00. The Bertz CT molecular complexity index is 514. The van der Waals surface area contributed by atoms with Crippen LogP contribution in [0.3, 0.4) is 0 Å². The van der Waals surface area contributed by atoms with E-state index in [2.05, 4.69) is 28.1 Å². The number of rotatable bonds is 3. The minimum Gasteiger partial charge on any atom is -0.120 e. The van der Waals surface area contributed by atoms with Crippen molar-refractivity contribution in [2.75, 3.05) is 0 Å². The second-order valence-corrected chi connectivity index (χ2v) is 6.08. The standard InChI is InChI=1S/C13H9BrCl2S/c14-10-6-7-11(13(16)12(10)15)17-8-9-4-2-1-3-5-9/h1-7H,8H2. The molecule has 0 aliphatic heterocycles. The lowest BCUT2D eigenvalue weighted by molar-refractivity contribution is 1.37. The molecule has 2 aromatic rings. The van der Waals surface area contributed by atoms with Crippen molar-refractivity contribution in [3.05, 3.63) is 62.5 Å². The second-order valence-electron chi connectivity index (χ2n) is 3.45. The van der Waals surface area contributed by atoms with E-state index in [1.165, 1.54) is 5.56 Å². The summed E-state index contributed by atoms with van der Waals surface area (Å²) in [6, 6.07) is 14.2. The maximum atomic E-state index is 6.18. The van der Waals surface area contributed by atoms with Crippen LogP contribution in [0.2, 0.25) is 10.0 Å². The molecule has 0 heterocycles. The van der Waals surface area contributed by atoms with Gasteiger partial charge in [-0.3, -0.25) is 0 Å². The molecule has 2 aromatic carbocycles. The normalized spacial score (nSPS) is 10.5. The van der Waals surface area contributed by atoms with Crippen molar-refractivity contribution < 1.29 is 0 Å². The molecule has 0 saturated heterocycles. The van der Waals surface area contributed by atoms with Crippen LogP contribution in [0.4, 0.5) is 0 Å². The fourth-order valence-electron chi connectivity index (χ4n) is 1.35. The van der Waals surface area contributed by atoms with Crippen LogP contribution in [-0.2, 0) is 5.75 Å². The van der Waals surface area contributed by atoms with Gasteiger partial charge >= 0.3 is 0 Å². The van der Waals surface area contributed by atoms with Crippen molar-refractivity contribution in [3.8, 4) is 0 Å². The van der Waals surface area contributed by atoms with Crippen LogP contribution in [-0.4, -0.2) is 0 Å². The molecule has 0 aromatic heterocycles. The van der Waals surface area contributed by atoms with Gasteiger partial charge in [-0.1, -0.05) is 53.5 Å². The van der Waals surface area contributed by atoms with E-state index in [-0.39, 0.29) is 0 Å². The third-order valence-corrected chi connectivity index (χ3v) is 5.25. The Labute approximate surface area is 123 Å². The fourth-order valence-corrected chi connectivity index (χ4v) is 3.26. The van der Waals surface area contributed by atoms with Crippen LogP contribution in [0.25, 0.3) is 0 Å². The van der Waals surface area contributed by atoms with Gasteiger partial charge in [0.25, 0.3) is 0 Å². The van der Waals surface area contributed by atoms with Crippen molar-refractivity contribution in [2.45, 2.75) is 10.6 Å². The van der Waals surface area contributed by atoms with Gasteiger partial charge in [-0.15, -0.1) is 11.8 Å². The molecule has 0 nitrogen and oxygen atoms in total. The molecule has 0 atom stereocenters. The molecule has 0 N–H and O–H groups in total. The Balaban J connectivity index is 2.13.